The van der Waals surface area contributed by atoms with Crippen molar-refractivity contribution in [3.8, 4) is 11.6 Å². The third kappa shape index (κ3) is 3.48. The molecule has 3 aromatic heterocycles. The molecule has 7 nitrogen and oxygen atoms in total. The van der Waals surface area contributed by atoms with Crippen LogP contribution in [0, 0.1) is 6.92 Å². The van der Waals surface area contributed by atoms with Crippen LogP contribution in [0.2, 0.25) is 0 Å². The van der Waals surface area contributed by atoms with Crippen LogP contribution in [0.4, 0.5) is 0 Å². The fourth-order valence-corrected chi connectivity index (χ4v) is 3.19. The van der Waals surface area contributed by atoms with Crippen molar-refractivity contribution in [2.45, 2.75) is 24.4 Å². The van der Waals surface area contributed by atoms with Crippen LogP contribution in [0.3, 0.4) is 0 Å². The second-order valence-electron chi connectivity index (χ2n) is 5.38. The number of thioether (sulfide) groups is 1. The normalized spacial score (nSPS) is 11.1. The van der Waals surface area contributed by atoms with Crippen molar-refractivity contribution in [1.29, 1.82) is 0 Å². The van der Waals surface area contributed by atoms with Gasteiger partial charge >= 0.3 is 0 Å². The highest BCUT2D eigenvalue weighted by Gasteiger charge is 2.17. The highest BCUT2D eigenvalue weighted by molar-refractivity contribution is 7.98. The molecule has 0 amide bonds. The number of aromatic nitrogens is 5. The van der Waals surface area contributed by atoms with Crippen LogP contribution in [0.1, 0.15) is 17.3 Å². The molecule has 0 fully saturated rings. The number of hydrogen-bond acceptors (Lipinski definition) is 7. The minimum absolute atomic E-state index is 0.534. The van der Waals surface area contributed by atoms with E-state index in [4.69, 9.17) is 8.94 Å². The van der Waals surface area contributed by atoms with Crippen LogP contribution in [0.15, 0.2) is 62.8 Å². The Balaban J connectivity index is 1.63. The Hall–Kier alpha value is -2.87. The van der Waals surface area contributed by atoms with E-state index in [1.165, 1.54) is 11.8 Å². The largest absolute Gasteiger partial charge is 0.461 e. The molecule has 0 N–H and O–H groups in total. The van der Waals surface area contributed by atoms with Gasteiger partial charge in [0, 0.05) is 0 Å². The summed E-state index contributed by atoms with van der Waals surface area (Å²) < 4.78 is 12.7. The molecule has 3 heterocycles. The van der Waals surface area contributed by atoms with Gasteiger partial charge in [0.25, 0.3) is 0 Å². The zero-order valence-electron chi connectivity index (χ0n) is 13.5. The first-order valence-electron chi connectivity index (χ1n) is 7.72. The fourth-order valence-electron chi connectivity index (χ4n) is 2.42. The summed E-state index contributed by atoms with van der Waals surface area (Å²) in [6, 6.07) is 13.9. The number of rotatable bonds is 6. The summed E-state index contributed by atoms with van der Waals surface area (Å²) in [5, 5.41) is 13.2. The summed E-state index contributed by atoms with van der Waals surface area (Å²) in [5.41, 5.74) is 1.16. The van der Waals surface area contributed by atoms with Crippen molar-refractivity contribution < 1.29 is 8.94 Å². The third-order valence-corrected chi connectivity index (χ3v) is 4.49. The van der Waals surface area contributed by atoms with E-state index in [0.717, 1.165) is 10.7 Å². The molecule has 4 rings (SSSR count). The molecule has 126 valence electrons. The Kier molecular flexibility index (Phi) is 4.34. The topological polar surface area (TPSA) is 82.8 Å². The van der Waals surface area contributed by atoms with Crippen molar-refractivity contribution in [3.05, 3.63) is 66.0 Å². The second kappa shape index (κ2) is 6.94. The number of nitrogens with zero attached hydrogens (tertiary/aromatic N) is 5. The lowest BCUT2D eigenvalue weighted by Crippen LogP contribution is -2.04. The Morgan fingerprint density at radius 3 is 2.68 bits per heavy atom. The number of aryl methyl sites for hydroxylation is 1. The SMILES string of the molecule is Cc1noc(CSc2nnc(-c3ccco3)n2Cc2ccccc2)n1. The highest BCUT2D eigenvalue weighted by Crippen LogP contribution is 2.27. The van der Waals surface area contributed by atoms with Crippen molar-refractivity contribution in [2.24, 2.45) is 0 Å². The second-order valence-corrected chi connectivity index (χ2v) is 6.32. The Morgan fingerprint density at radius 1 is 1.08 bits per heavy atom. The Labute approximate surface area is 148 Å². The monoisotopic (exact) mass is 353 g/mol. The first-order chi connectivity index (χ1) is 12.3. The van der Waals surface area contributed by atoms with Gasteiger partial charge in [-0.3, -0.25) is 4.57 Å². The Bertz CT molecular complexity index is 947. The van der Waals surface area contributed by atoms with Gasteiger partial charge in [0.1, 0.15) is 0 Å². The number of hydrogen-bond donors (Lipinski definition) is 0. The van der Waals surface area contributed by atoms with Crippen LogP contribution in [-0.4, -0.2) is 24.9 Å². The van der Waals surface area contributed by atoms with Crippen LogP contribution >= 0.6 is 11.8 Å². The van der Waals surface area contributed by atoms with Gasteiger partial charge in [0.2, 0.25) is 11.7 Å². The van der Waals surface area contributed by atoms with Gasteiger partial charge in [-0.2, -0.15) is 4.98 Å². The molecule has 25 heavy (non-hydrogen) atoms. The summed E-state index contributed by atoms with van der Waals surface area (Å²) in [5.74, 6) is 3.10. The molecule has 0 saturated carbocycles. The zero-order chi connectivity index (χ0) is 17.1. The summed E-state index contributed by atoms with van der Waals surface area (Å²) in [7, 11) is 0. The van der Waals surface area contributed by atoms with E-state index in [0.29, 0.717) is 35.6 Å². The zero-order valence-corrected chi connectivity index (χ0v) is 14.3. The van der Waals surface area contributed by atoms with E-state index >= 15 is 0 Å². The summed E-state index contributed by atoms with van der Waals surface area (Å²) in [4.78, 5) is 4.22. The average molecular weight is 353 g/mol. The number of furan rings is 1. The highest BCUT2D eigenvalue weighted by atomic mass is 32.2. The fraction of sp³-hybridized carbons (Fsp3) is 0.176. The van der Waals surface area contributed by atoms with Crippen molar-refractivity contribution in [2.75, 3.05) is 0 Å². The summed E-state index contributed by atoms with van der Waals surface area (Å²) in [6.45, 7) is 2.44. The van der Waals surface area contributed by atoms with E-state index in [1.54, 1.807) is 13.2 Å². The Morgan fingerprint density at radius 2 is 1.96 bits per heavy atom. The van der Waals surface area contributed by atoms with Crippen molar-refractivity contribution in [1.82, 2.24) is 24.9 Å². The quantitative estimate of drug-likeness (QED) is 0.490. The lowest BCUT2D eigenvalue weighted by Gasteiger charge is -2.08. The molecule has 0 spiro atoms. The van der Waals surface area contributed by atoms with E-state index in [2.05, 4.69) is 32.5 Å². The van der Waals surface area contributed by atoms with Gasteiger partial charge in [-0.05, 0) is 24.6 Å². The molecule has 0 atom stereocenters. The van der Waals surface area contributed by atoms with E-state index in [-0.39, 0.29) is 0 Å². The van der Waals surface area contributed by atoms with Gasteiger partial charge in [0.15, 0.2) is 16.7 Å². The molecule has 0 bridgehead atoms. The van der Waals surface area contributed by atoms with Crippen LogP contribution in [0.25, 0.3) is 11.6 Å². The van der Waals surface area contributed by atoms with Gasteiger partial charge < -0.3 is 8.94 Å². The van der Waals surface area contributed by atoms with E-state index < -0.39 is 0 Å². The predicted octanol–water partition coefficient (Wildman–Crippen LogP) is 3.57. The molecule has 8 heteroatoms. The number of benzene rings is 1. The van der Waals surface area contributed by atoms with Gasteiger partial charge in [-0.15, -0.1) is 10.2 Å². The van der Waals surface area contributed by atoms with Crippen LogP contribution < -0.4 is 0 Å². The first-order valence-corrected chi connectivity index (χ1v) is 8.71. The molecule has 1 aromatic carbocycles. The molecule has 0 aliphatic rings. The molecular formula is C17H15N5O2S. The minimum atomic E-state index is 0.534. The molecule has 4 aromatic rings. The van der Waals surface area contributed by atoms with Gasteiger partial charge in [-0.1, -0.05) is 47.3 Å². The molecule has 0 aliphatic heterocycles. The maximum Gasteiger partial charge on any atom is 0.237 e. The third-order valence-electron chi connectivity index (χ3n) is 3.54. The molecule has 0 saturated heterocycles. The lowest BCUT2D eigenvalue weighted by atomic mass is 10.2. The van der Waals surface area contributed by atoms with Crippen molar-refractivity contribution in [3.63, 3.8) is 0 Å². The van der Waals surface area contributed by atoms with Gasteiger partial charge in [0.05, 0.1) is 18.6 Å². The standard InChI is InChI=1S/C17H15N5O2S/c1-12-18-15(24-21-12)11-25-17-20-19-16(14-8-5-9-23-14)22(17)10-13-6-3-2-4-7-13/h2-9H,10-11H2,1H3. The predicted molar refractivity (Wildman–Crippen MR) is 91.9 cm³/mol. The maximum atomic E-state index is 5.50. The van der Waals surface area contributed by atoms with E-state index in [9.17, 15) is 0 Å². The average Bonchev–Trinajstić information content (AvgIpc) is 3.35. The van der Waals surface area contributed by atoms with Crippen LogP contribution in [-0.2, 0) is 12.3 Å². The minimum Gasteiger partial charge on any atom is -0.461 e. The summed E-state index contributed by atoms with van der Waals surface area (Å²) >= 11 is 1.50. The van der Waals surface area contributed by atoms with E-state index in [1.807, 2.05) is 34.9 Å². The maximum absolute atomic E-state index is 5.50. The molecule has 0 radical (unpaired) electrons. The molecular weight excluding hydrogens is 338 g/mol. The summed E-state index contributed by atoms with van der Waals surface area (Å²) in [6.07, 6.45) is 1.63. The van der Waals surface area contributed by atoms with Gasteiger partial charge in [-0.25, -0.2) is 0 Å². The van der Waals surface area contributed by atoms with Crippen LogP contribution in [0.5, 0.6) is 0 Å². The van der Waals surface area contributed by atoms with Crippen molar-refractivity contribution >= 4 is 11.8 Å². The lowest BCUT2D eigenvalue weighted by molar-refractivity contribution is 0.387. The smallest absolute Gasteiger partial charge is 0.237 e. The first kappa shape index (κ1) is 15.6. The molecule has 0 aliphatic carbocycles. The molecule has 0 unspecified atom stereocenters.